The second kappa shape index (κ2) is 9.09. The zero-order valence-corrected chi connectivity index (χ0v) is 18.5. The van der Waals surface area contributed by atoms with Crippen LogP contribution in [0.5, 0.6) is 5.75 Å². The highest BCUT2D eigenvalue weighted by atomic mass is 16.5. The van der Waals surface area contributed by atoms with Crippen LogP contribution in [-0.2, 0) is 11.3 Å². The Bertz CT molecular complexity index is 1320. The van der Waals surface area contributed by atoms with Gasteiger partial charge in [-0.05, 0) is 44.5 Å². The van der Waals surface area contributed by atoms with E-state index in [1.165, 1.54) is 4.68 Å². The van der Waals surface area contributed by atoms with Gasteiger partial charge < -0.3 is 14.6 Å². The smallest absolute Gasteiger partial charge is 0.281 e. The van der Waals surface area contributed by atoms with Crippen LogP contribution >= 0.6 is 0 Å². The average Bonchev–Trinajstić information content (AvgIpc) is 3.05. The summed E-state index contributed by atoms with van der Waals surface area (Å²) in [4.78, 5) is 25.6. The molecule has 7 nitrogen and oxygen atoms in total. The molecule has 2 heterocycles. The van der Waals surface area contributed by atoms with Gasteiger partial charge in [0.15, 0.2) is 0 Å². The molecule has 0 unspecified atom stereocenters. The van der Waals surface area contributed by atoms with Crippen LogP contribution in [0.2, 0.25) is 0 Å². The maximum absolute atomic E-state index is 13.2. The number of fused-ring (bicyclic) bond motifs is 1. The minimum atomic E-state index is -0.137. The van der Waals surface area contributed by atoms with E-state index in [0.717, 1.165) is 22.5 Å². The number of rotatable bonds is 7. The van der Waals surface area contributed by atoms with Crippen molar-refractivity contribution in [1.29, 1.82) is 0 Å². The molecule has 0 fully saturated rings. The van der Waals surface area contributed by atoms with Crippen LogP contribution in [0, 0.1) is 13.8 Å². The van der Waals surface area contributed by atoms with Crippen molar-refractivity contribution in [2.24, 2.45) is 0 Å². The van der Waals surface area contributed by atoms with Gasteiger partial charge in [-0.2, -0.15) is 9.78 Å². The van der Waals surface area contributed by atoms with Gasteiger partial charge in [-0.3, -0.25) is 9.59 Å². The highest BCUT2D eigenvalue weighted by Crippen LogP contribution is 2.24. The summed E-state index contributed by atoms with van der Waals surface area (Å²) in [5.74, 6) is 0.556. The fourth-order valence-corrected chi connectivity index (χ4v) is 4.06. The van der Waals surface area contributed by atoms with Crippen LogP contribution in [0.4, 0.5) is 5.69 Å². The van der Waals surface area contributed by atoms with Crippen LogP contribution in [0.3, 0.4) is 0 Å². The molecule has 4 aromatic rings. The van der Waals surface area contributed by atoms with Crippen molar-refractivity contribution in [3.63, 3.8) is 0 Å². The van der Waals surface area contributed by atoms with Gasteiger partial charge in [0.25, 0.3) is 5.56 Å². The summed E-state index contributed by atoms with van der Waals surface area (Å²) in [6.45, 7) is 4.57. The molecule has 32 heavy (non-hydrogen) atoms. The zero-order chi connectivity index (χ0) is 22.7. The molecule has 2 aromatic carbocycles. The predicted molar refractivity (Wildman–Crippen MR) is 126 cm³/mol. The fraction of sp³-hybridized carbons (Fsp3) is 0.240. The van der Waals surface area contributed by atoms with Gasteiger partial charge >= 0.3 is 0 Å². The molecule has 1 N–H and O–H groups in total. The highest BCUT2D eigenvalue weighted by molar-refractivity contribution is 5.92. The number of carbonyl (C=O) groups excluding carboxylic acids is 1. The Morgan fingerprint density at radius 1 is 1.03 bits per heavy atom. The molecule has 4 rings (SSSR count). The normalized spacial score (nSPS) is 11.0. The zero-order valence-electron chi connectivity index (χ0n) is 18.5. The Hall–Kier alpha value is -3.87. The number of methoxy groups -OCH3 is 1. The van der Waals surface area contributed by atoms with Gasteiger partial charge in [-0.1, -0.05) is 30.3 Å². The third-order valence-electron chi connectivity index (χ3n) is 5.71. The van der Waals surface area contributed by atoms with Gasteiger partial charge in [0.05, 0.1) is 30.1 Å². The summed E-state index contributed by atoms with van der Waals surface area (Å²) in [5.41, 5.74) is 3.12. The summed E-state index contributed by atoms with van der Waals surface area (Å²) < 4.78 is 8.81. The van der Waals surface area contributed by atoms with Crippen LogP contribution in [-0.4, -0.2) is 27.4 Å². The van der Waals surface area contributed by atoms with E-state index < -0.39 is 0 Å². The maximum atomic E-state index is 13.2. The first-order chi connectivity index (χ1) is 15.5. The Balaban J connectivity index is 1.52. The Morgan fingerprint density at radius 2 is 1.75 bits per heavy atom. The van der Waals surface area contributed by atoms with Crippen molar-refractivity contribution < 1.29 is 9.53 Å². The molecule has 0 aliphatic heterocycles. The lowest BCUT2D eigenvalue weighted by molar-refractivity contribution is -0.116. The van der Waals surface area contributed by atoms with Crippen molar-refractivity contribution in [3.05, 3.63) is 82.5 Å². The SMILES string of the molecule is COc1ccccc1NC(=O)CCCn1c(C)c2cnn(-c3ccccc3)c(=O)c2c1C. The first-order valence-corrected chi connectivity index (χ1v) is 10.6. The molecule has 0 radical (unpaired) electrons. The minimum absolute atomic E-state index is 0.0744. The lowest BCUT2D eigenvalue weighted by Gasteiger charge is -2.11. The lowest BCUT2D eigenvalue weighted by atomic mass is 10.2. The molecular weight excluding hydrogens is 404 g/mol. The molecule has 0 saturated heterocycles. The molecule has 7 heteroatoms. The van der Waals surface area contributed by atoms with Gasteiger partial charge in [-0.25, -0.2) is 0 Å². The van der Waals surface area contributed by atoms with E-state index >= 15 is 0 Å². The number of aromatic nitrogens is 3. The molecular formula is C25H26N4O3. The third kappa shape index (κ3) is 4.01. The number of anilines is 1. The quantitative estimate of drug-likeness (QED) is 0.476. The summed E-state index contributed by atoms with van der Waals surface area (Å²) in [6, 6.07) is 16.7. The number of nitrogens with zero attached hydrogens (tertiary/aromatic N) is 3. The number of benzene rings is 2. The molecule has 0 spiro atoms. The molecule has 164 valence electrons. The number of hydrogen-bond donors (Lipinski definition) is 1. The first-order valence-electron chi connectivity index (χ1n) is 10.6. The van der Waals surface area contributed by atoms with Gasteiger partial charge in [0.1, 0.15) is 5.75 Å². The fourth-order valence-electron chi connectivity index (χ4n) is 4.06. The van der Waals surface area contributed by atoms with E-state index in [2.05, 4.69) is 15.0 Å². The standard InChI is InChI=1S/C25H26N4O3/c1-17-20-16-26-29(19-10-5-4-6-11-19)25(31)24(20)18(2)28(17)15-9-14-23(30)27-21-12-7-8-13-22(21)32-3/h4-8,10-13,16H,9,14-15H2,1-3H3,(H,27,30). The van der Waals surface area contributed by atoms with E-state index in [-0.39, 0.29) is 11.5 Å². The molecule has 0 bridgehead atoms. The molecule has 0 aliphatic rings. The van der Waals surface area contributed by atoms with Crippen LogP contribution in [0.15, 0.2) is 65.6 Å². The Kier molecular flexibility index (Phi) is 6.07. The van der Waals surface area contributed by atoms with Crippen LogP contribution in [0.25, 0.3) is 16.5 Å². The Morgan fingerprint density at radius 3 is 2.50 bits per heavy atom. The number of aryl methyl sites for hydroxylation is 2. The number of nitrogens with one attached hydrogen (secondary N) is 1. The van der Waals surface area contributed by atoms with Crippen LogP contribution in [0.1, 0.15) is 24.2 Å². The van der Waals surface area contributed by atoms with E-state index in [9.17, 15) is 9.59 Å². The Labute approximate surface area is 186 Å². The van der Waals surface area contributed by atoms with E-state index in [1.54, 1.807) is 13.3 Å². The molecule has 0 atom stereocenters. The van der Waals surface area contributed by atoms with Crippen LogP contribution < -0.4 is 15.6 Å². The van der Waals surface area contributed by atoms with Crippen molar-refractivity contribution in [1.82, 2.24) is 14.3 Å². The summed E-state index contributed by atoms with van der Waals surface area (Å²) in [5, 5.41) is 8.79. The lowest BCUT2D eigenvalue weighted by Crippen LogP contribution is -2.21. The number of ether oxygens (including phenoxy) is 1. The average molecular weight is 431 g/mol. The molecule has 0 saturated carbocycles. The monoisotopic (exact) mass is 430 g/mol. The van der Waals surface area contributed by atoms with Crippen molar-refractivity contribution in [2.75, 3.05) is 12.4 Å². The topological polar surface area (TPSA) is 78.2 Å². The summed E-state index contributed by atoms with van der Waals surface area (Å²) in [6.07, 6.45) is 2.75. The second-order valence-electron chi connectivity index (χ2n) is 7.66. The van der Waals surface area contributed by atoms with Crippen molar-refractivity contribution in [3.8, 4) is 11.4 Å². The number of amides is 1. The van der Waals surface area contributed by atoms with Crippen molar-refractivity contribution in [2.45, 2.75) is 33.2 Å². The van der Waals surface area contributed by atoms with E-state index in [4.69, 9.17) is 4.74 Å². The van der Waals surface area contributed by atoms with Gasteiger partial charge in [0.2, 0.25) is 5.91 Å². The largest absolute Gasteiger partial charge is 0.495 e. The minimum Gasteiger partial charge on any atom is -0.495 e. The number of carbonyl (C=O) groups is 1. The molecule has 0 aliphatic carbocycles. The van der Waals surface area contributed by atoms with Gasteiger partial charge in [-0.15, -0.1) is 0 Å². The van der Waals surface area contributed by atoms with Crippen molar-refractivity contribution >= 4 is 22.4 Å². The predicted octanol–water partition coefficient (Wildman–Crippen LogP) is 4.23. The number of para-hydroxylation sites is 3. The summed E-state index contributed by atoms with van der Waals surface area (Å²) >= 11 is 0. The highest BCUT2D eigenvalue weighted by Gasteiger charge is 2.17. The van der Waals surface area contributed by atoms with E-state index in [0.29, 0.717) is 36.2 Å². The molecule has 1 amide bonds. The summed E-state index contributed by atoms with van der Waals surface area (Å²) in [7, 11) is 1.58. The second-order valence-corrected chi connectivity index (χ2v) is 7.66. The van der Waals surface area contributed by atoms with Gasteiger partial charge in [0, 0.05) is 29.7 Å². The van der Waals surface area contributed by atoms with E-state index in [1.807, 2.05) is 68.4 Å². The third-order valence-corrected chi connectivity index (χ3v) is 5.71. The maximum Gasteiger partial charge on any atom is 0.281 e. The first kappa shape index (κ1) is 21.4. The molecule has 2 aromatic heterocycles. The number of hydrogen-bond acceptors (Lipinski definition) is 4.